The molecule has 6 heteroatoms. The number of ether oxygens (including phenoxy) is 1. The molecule has 1 aromatic heterocycles. The fourth-order valence-electron chi connectivity index (χ4n) is 3.26. The summed E-state index contributed by atoms with van der Waals surface area (Å²) in [6.07, 6.45) is 0. The second kappa shape index (κ2) is 9.88. The number of piperazine rings is 1. The molecule has 2 aromatic rings. The van der Waals surface area contributed by atoms with Gasteiger partial charge in [-0.3, -0.25) is 14.6 Å². The molecule has 1 amide bonds. The van der Waals surface area contributed by atoms with E-state index in [4.69, 9.17) is 4.74 Å². The predicted octanol–water partition coefficient (Wildman–Crippen LogP) is 2.92. The van der Waals surface area contributed by atoms with Crippen LogP contribution in [0.5, 0.6) is 5.75 Å². The Morgan fingerprint density at radius 3 is 2.44 bits per heavy atom. The van der Waals surface area contributed by atoms with Gasteiger partial charge in [-0.25, -0.2) is 0 Å². The second-order valence-electron chi connectivity index (χ2n) is 6.96. The van der Waals surface area contributed by atoms with Gasteiger partial charge in [0.1, 0.15) is 5.75 Å². The van der Waals surface area contributed by atoms with Gasteiger partial charge in [-0.15, -0.1) is 11.3 Å². The van der Waals surface area contributed by atoms with E-state index in [2.05, 4.69) is 33.4 Å². The third-order valence-electron chi connectivity index (χ3n) is 4.86. The quantitative estimate of drug-likeness (QED) is 0.698. The summed E-state index contributed by atoms with van der Waals surface area (Å²) in [6.45, 7) is 8.73. The maximum Gasteiger partial charge on any atom is 0.236 e. The third-order valence-corrected chi connectivity index (χ3v) is 5.72. The van der Waals surface area contributed by atoms with Gasteiger partial charge in [-0.2, -0.15) is 0 Å². The molecule has 0 unspecified atom stereocenters. The maximum absolute atomic E-state index is 12.5. The van der Waals surface area contributed by atoms with Crippen LogP contribution in [-0.4, -0.2) is 67.0 Å². The molecule has 0 aliphatic carbocycles. The molecule has 0 atom stereocenters. The Balaban J connectivity index is 1.40. The van der Waals surface area contributed by atoms with Crippen LogP contribution in [0.2, 0.25) is 0 Å². The van der Waals surface area contributed by atoms with Crippen molar-refractivity contribution >= 4 is 17.2 Å². The van der Waals surface area contributed by atoms with E-state index in [9.17, 15) is 4.79 Å². The Bertz CT molecular complexity index is 695. The molecule has 1 fully saturated rings. The summed E-state index contributed by atoms with van der Waals surface area (Å²) in [5, 5.41) is 2.05. The van der Waals surface area contributed by atoms with Crippen molar-refractivity contribution in [3.63, 3.8) is 0 Å². The smallest absolute Gasteiger partial charge is 0.236 e. The number of benzene rings is 1. The average molecular weight is 388 g/mol. The minimum Gasteiger partial charge on any atom is -0.494 e. The van der Waals surface area contributed by atoms with E-state index >= 15 is 0 Å². The van der Waals surface area contributed by atoms with Gasteiger partial charge in [0.05, 0.1) is 19.7 Å². The Labute approximate surface area is 166 Å². The first kappa shape index (κ1) is 19.9. The fraction of sp³-hybridized carbons (Fsp3) is 0.476. The topological polar surface area (TPSA) is 36.0 Å². The molecule has 1 aliphatic heterocycles. The van der Waals surface area contributed by atoms with Crippen molar-refractivity contribution in [2.24, 2.45) is 0 Å². The summed E-state index contributed by atoms with van der Waals surface area (Å²) in [5.74, 6) is 1.12. The summed E-state index contributed by atoms with van der Waals surface area (Å²) >= 11 is 1.70. The van der Waals surface area contributed by atoms with Gasteiger partial charge in [-0.1, -0.05) is 18.2 Å². The standard InChI is InChI=1S/C21H29N3O2S/c1-3-26-19-8-6-18(7-9-19)15-23-10-12-24(13-11-23)17-21(25)22(2)16-20-5-4-14-27-20/h4-9,14H,3,10-13,15-17H2,1-2H3. The highest BCUT2D eigenvalue weighted by Crippen LogP contribution is 2.15. The molecule has 2 heterocycles. The van der Waals surface area contributed by atoms with Gasteiger partial charge in [0.25, 0.3) is 0 Å². The van der Waals surface area contributed by atoms with Gasteiger partial charge >= 0.3 is 0 Å². The first-order valence-corrected chi connectivity index (χ1v) is 10.4. The van der Waals surface area contributed by atoms with Crippen molar-refractivity contribution in [1.29, 1.82) is 0 Å². The van der Waals surface area contributed by atoms with Crippen LogP contribution in [-0.2, 0) is 17.9 Å². The highest BCUT2D eigenvalue weighted by atomic mass is 32.1. The molecule has 0 bridgehead atoms. The number of likely N-dealkylation sites (N-methyl/N-ethyl adjacent to an activating group) is 1. The lowest BCUT2D eigenvalue weighted by molar-refractivity contribution is -0.132. The summed E-state index contributed by atoms with van der Waals surface area (Å²) in [5.41, 5.74) is 1.30. The van der Waals surface area contributed by atoms with E-state index in [0.717, 1.165) is 38.5 Å². The molecule has 0 saturated carbocycles. The van der Waals surface area contributed by atoms with Crippen LogP contribution >= 0.6 is 11.3 Å². The van der Waals surface area contributed by atoms with Crippen LogP contribution in [0.15, 0.2) is 41.8 Å². The molecular formula is C21H29N3O2S. The minimum absolute atomic E-state index is 0.198. The normalized spacial score (nSPS) is 15.6. The lowest BCUT2D eigenvalue weighted by Gasteiger charge is -2.35. The number of rotatable bonds is 8. The Morgan fingerprint density at radius 1 is 1.11 bits per heavy atom. The van der Waals surface area contributed by atoms with E-state index in [1.54, 1.807) is 11.3 Å². The Hall–Kier alpha value is -1.89. The largest absolute Gasteiger partial charge is 0.494 e. The predicted molar refractivity (Wildman–Crippen MR) is 110 cm³/mol. The number of hydrogen-bond donors (Lipinski definition) is 0. The van der Waals surface area contributed by atoms with Crippen LogP contribution in [0.1, 0.15) is 17.4 Å². The molecule has 0 spiro atoms. The zero-order valence-corrected chi connectivity index (χ0v) is 17.1. The van der Waals surface area contributed by atoms with Crippen molar-refractivity contribution in [1.82, 2.24) is 14.7 Å². The van der Waals surface area contributed by atoms with E-state index in [-0.39, 0.29) is 5.91 Å². The molecule has 5 nitrogen and oxygen atoms in total. The van der Waals surface area contributed by atoms with Crippen molar-refractivity contribution in [2.75, 3.05) is 46.4 Å². The van der Waals surface area contributed by atoms with Crippen LogP contribution in [0, 0.1) is 0 Å². The van der Waals surface area contributed by atoms with Crippen LogP contribution in [0.3, 0.4) is 0 Å². The molecule has 0 radical (unpaired) electrons. The van der Waals surface area contributed by atoms with Crippen molar-refractivity contribution in [3.8, 4) is 5.75 Å². The number of nitrogens with zero attached hydrogens (tertiary/aromatic N) is 3. The van der Waals surface area contributed by atoms with Crippen LogP contribution < -0.4 is 4.74 Å². The molecule has 1 aliphatic rings. The third kappa shape index (κ3) is 6.06. The average Bonchev–Trinajstić information content (AvgIpc) is 3.18. The number of amides is 1. The molecule has 3 rings (SSSR count). The second-order valence-corrected chi connectivity index (χ2v) is 7.99. The zero-order valence-electron chi connectivity index (χ0n) is 16.3. The van der Waals surface area contributed by atoms with Crippen molar-refractivity contribution < 1.29 is 9.53 Å². The highest BCUT2D eigenvalue weighted by molar-refractivity contribution is 7.09. The Kier molecular flexibility index (Phi) is 7.26. The fourth-order valence-corrected chi connectivity index (χ4v) is 4.02. The molecule has 0 N–H and O–H groups in total. The number of carbonyl (C=O) groups is 1. The minimum atomic E-state index is 0.198. The van der Waals surface area contributed by atoms with Gasteiger partial charge in [0.2, 0.25) is 5.91 Å². The van der Waals surface area contributed by atoms with Crippen LogP contribution in [0.4, 0.5) is 0 Å². The SMILES string of the molecule is CCOc1ccc(CN2CCN(CC(=O)N(C)Cc3cccs3)CC2)cc1. The molecule has 27 heavy (non-hydrogen) atoms. The van der Waals surface area contributed by atoms with Crippen molar-refractivity contribution in [3.05, 3.63) is 52.2 Å². The highest BCUT2D eigenvalue weighted by Gasteiger charge is 2.20. The summed E-state index contributed by atoms with van der Waals surface area (Å²) in [4.78, 5) is 20.2. The first-order valence-electron chi connectivity index (χ1n) is 9.57. The van der Waals surface area contributed by atoms with E-state index < -0.39 is 0 Å². The first-order chi connectivity index (χ1) is 13.1. The molecule has 1 aromatic carbocycles. The lowest BCUT2D eigenvalue weighted by atomic mass is 10.2. The number of thiophene rings is 1. The summed E-state index contributed by atoms with van der Waals surface area (Å²) < 4.78 is 5.50. The molecule has 1 saturated heterocycles. The van der Waals surface area contributed by atoms with Gasteiger partial charge in [0, 0.05) is 44.6 Å². The van der Waals surface area contributed by atoms with Crippen LogP contribution in [0.25, 0.3) is 0 Å². The molecular weight excluding hydrogens is 358 g/mol. The molecule has 146 valence electrons. The van der Waals surface area contributed by atoms with Gasteiger partial charge < -0.3 is 9.64 Å². The summed E-state index contributed by atoms with van der Waals surface area (Å²) in [7, 11) is 1.89. The number of carbonyl (C=O) groups excluding carboxylic acids is 1. The van der Waals surface area contributed by atoms with Gasteiger partial charge in [-0.05, 0) is 36.1 Å². The van der Waals surface area contributed by atoms with Crippen molar-refractivity contribution in [2.45, 2.75) is 20.0 Å². The van der Waals surface area contributed by atoms with E-state index in [1.165, 1.54) is 10.4 Å². The number of hydrogen-bond acceptors (Lipinski definition) is 5. The van der Waals surface area contributed by atoms with Gasteiger partial charge in [0.15, 0.2) is 0 Å². The van der Waals surface area contributed by atoms with E-state index in [1.807, 2.05) is 37.1 Å². The zero-order chi connectivity index (χ0) is 19.1. The van der Waals surface area contributed by atoms with E-state index in [0.29, 0.717) is 19.7 Å². The summed E-state index contributed by atoms with van der Waals surface area (Å²) in [6, 6.07) is 12.5. The Morgan fingerprint density at radius 2 is 1.81 bits per heavy atom. The monoisotopic (exact) mass is 387 g/mol. The lowest BCUT2D eigenvalue weighted by Crippen LogP contribution is -2.49. The maximum atomic E-state index is 12.5.